The largest absolute Gasteiger partial charge is 0.497 e. The number of pyridine rings is 1. The van der Waals surface area contributed by atoms with Crippen LogP contribution in [0.4, 0.5) is 0 Å². The highest BCUT2D eigenvalue weighted by Crippen LogP contribution is 2.42. The molecule has 1 aliphatic carbocycles. The zero-order valence-electron chi connectivity index (χ0n) is 16.7. The lowest BCUT2D eigenvalue weighted by Gasteiger charge is -2.35. The Bertz CT molecular complexity index is 1080. The Balaban J connectivity index is 1.86. The average molecular weight is 423 g/mol. The van der Waals surface area contributed by atoms with Crippen LogP contribution < -0.4 is 10.5 Å². The van der Waals surface area contributed by atoms with E-state index in [0.29, 0.717) is 28.3 Å². The van der Waals surface area contributed by atoms with E-state index < -0.39 is 11.9 Å². The van der Waals surface area contributed by atoms with Crippen LogP contribution in [0.3, 0.4) is 0 Å². The van der Waals surface area contributed by atoms with Crippen molar-refractivity contribution in [2.24, 2.45) is 5.73 Å². The van der Waals surface area contributed by atoms with Gasteiger partial charge >= 0.3 is 0 Å². The van der Waals surface area contributed by atoms with Crippen molar-refractivity contribution in [2.75, 3.05) is 7.11 Å². The second kappa shape index (κ2) is 8.23. The van der Waals surface area contributed by atoms with Gasteiger partial charge in [0.25, 0.3) is 5.91 Å². The van der Waals surface area contributed by atoms with Crippen molar-refractivity contribution in [3.8, 4) is 5.75 Å². The quantitative estimate of drug-likeness (QED) is 0.658. The first kappa shape index (κ1) is 20.0. The minimum absolute atomic E-state index is 0.261. The van der Waals surface area contributed by atoms with Gasteiger partial charge in [0.15, 0.2) is 0 Å². The van der Waals surface area contributed by atoms with Crippen molar-refractivity contribution in [1.29, 1.82) is 0 Å². The molecule has 0 radical (unpaired) electrons. The predicted molar refractivity (Wildman–Crippen MR) is 113 cm³/mol. The molecule has 2 amide bonds. The van der Waals surface area contributed by atoms with Gasteiger partial charge < -0.3 is 15.4 Å². The second-order valence-corrected chi connectivity index (χ2v) is 8.04. The van der Waals surface area contributed by atoms with Gasteiger partial charge in [0.2, 0.25) is 5.91 Å². The molecule has 2 N–H and O–H groups in total. The Labute approximate surface area is 178 Å². The van der Waals surface area contributed by atoms with Gasteiger partial charge in [0.1, 0.15) is 16.7 Å². The van der Waals surface area contributed by atoms with Gasteiger partial charge in [-0.2, -0.15) is 0 Å². The lowest BCUT2D eigenvalue weighted by Crippen LogP contribution is -2.43. The molecular weight excluding hydrogens is 400 g/mol. The van der Waals surface area contributed by atoms with E-state index in [1.165, 1.54) is 11.3 Å². The van der Waals surface area contributed by atoms with E-state index in [-0.39, 0.29) is 11.9 Å². The fourth-order valence-electron chi connectivity index (χ4n) is 4.04. The highest BCUT2D eigenvalue weighted by Gasteiger charge is 2.40. The van der Waals surface area contributed by atoms with Gasteiger partial charge in [-0.3, -0.25) is 14.6 Å². The van der Waals surface area contributed by atoms with Crippen LogP contribution in [-0.2, 0) is 11.2 Å². The Morgan fingerprint density at radius 3 is 2.80 bits per heavy atom. The summed E-state index contributed by atoms with van der Waals surface area (Å²) in [7, 11) is 1.61. The molecule has 8 heteroatoms. The summed E-state index contributed by atoms with van der Waals surface area (Å²) >= 11 is 1.26. The van der Waals surface area contributed by atoms with Crippen LogP contribution in [-0.4, -0.2) is 33.8 Å². The number of primary amides is 1. The van der Waals surface area contributed by atoms with Crippen molar-refractivity contribution < 1.29 is 14.3 Å². The molecule has 2 atom stereocenters. The molecule has 1 aromatic carbocycles. The number of benzene rings is 1. The molecule has 0 fully saturated rings. The van der Waals surface area contributed by atoms with Crippen molar-refractivity contribution in [3.05, 3.63) is 75.5 Å². The van der Waals surface area contributed by atoms with Gasteiger partial charge in [0, 0.05) is 18.0 Å². The number of thiazole rings is 1. The number of aromatic nitrogens is 2. The van der Waals surface area contributed by atoms with Crippen LogP contribution in [0.15, 0.2) is 48.2 Å². The Hall–Kier alpha value is -3.26. The molecule has 7 nitrogen and oxygen atoms in total. The molecule has 0 aliphatic heterocycles. The maximum atomic E-state index is 13.7. The van der Waals surface area contributed by atoms with E-state index in [9.17, 15) is 9.59 Å². The van der Waals surface area contributed by atoms with Crippen LogP contribution in [0.2, 0.25) is 0 Å². The van der Waals surface area contributed by atoms with E-state index in [1.54, 1.807) is 49.0 Å². The van der Waals surface area contributed by atoms with Gasteiger partial charge in [-0.15, -0.1) is 11.3 Å². The van der Waals surface area contributed by atoms with Crippen LogP contribution in [0.1, 0.15) is 50.6 Å². The fourth-order valence-corrected chi connectivity index (χ4v) is 4.78. The van der Waals surface area contributed by atoms with Crippen molar-refractivity contribution in [3.63, 3.8) is 0 Å². The third kappa shape index (κ3) is 3.54. The molecule has 3 aromatic rings. The monoisotopic (exact) mass is 422 g/mol. The molecule has 0 saturated heterocycles. The fraction of sp³-hybridized carbons (Fsp3) is 0.273. The Morgan fingerprint density at radius 1 is 1.33 bits per heavy atom. The summed E-state index contributed by atoms with van der Waals surface area (Å²) in [5.41, 5.74) is 10.8. The van der Waals surface area contributed by atoms with Crippen LogP contribution >= 0.6 is 11.3 Å². The molecule has 1 aliphatic rings. The average Bonchev–Trinajstić information content (AvgIpc) is 3.37. The van der Waals surface area contributed by atoms with Gasteiger partial charge in [-0.1, -0.05) is 12.1 Å². The third-order valence-corrected chi connectivity index (χ3v) is 6.37. The number of rotatable bonds is 6. The summed E-state index contributed by atoms with van der Waals surface area (Å²) in [5.74, 6) is -0.155. The van der Waals surface area contributed by atoms with Crippen molar-refractivity contribution >= 4 is 23.2 Å². The summed E-state index contributed by atoms with van der Waals surface area (Å²) < 4.78 is 5.40. The van der Waals surface area contributed by atoms with Crippen LogP contribution in [0, 0.1) is 6.92 Å². The molecule has 0 saturated carbocycles. The van der Waals surface area contributed by atoms with Crippen molar-refractivity contribution in [2.45, 2.75) is 31.8 Å². The molecule has 4 rings (SSSR count). The van der Waals surface area contributed by atoms with Gasteiger partial charge in [-0.25, -0.2) is 4.98 Å². The zero-order valence-corrected chi connectivity index (χ0v) is 17.6. The topological polar surface area (TPSA) is 98.4 Å². The van der Waals surface area contributed by atoms with Gasteiger partial charge in [-0.05, 0) is 49.1 Å². The van der Waals surface area contributed by atoms with E-state index in [2.05, 4.69) is 9.97 Å². The predicted octanol–water partition coefficient (Wildman–Crippen LogP) is 3.21. The Morgan fingerprint density at radius 2 is 2.17 bits per heavy atom. The maximum Gasteiger partial charge on any atom is 0.267 e. The number of fused-ring (bicyclic) bond motifs is 1. The number of hydrogen-bond acceptors (Lipinski definition) is 6. The number of carbonyl (C=O) groups is 2. The first-order chi connectivity index (χ1) is 14.5. The van der Waals surface area contributed by atoms with E-state index in [4.69, 9.17) is 10.5 Å². The number of nitrogens with two attached hydrogens (primary N) is 1. The highest BCUT2D eigenvalue weighted by molar-refractivity contribution is 7.11. The number of methoxy groups -OCH3 is 1. The first-order valence-corrected chi connectivity index (χ1v) is 10.5. The molecule has 1 unspecified atom stereocenters. The smallest absolute Gasteiger partial charge is 0.267 e. The third-order valence-electron chi connectivity index (χ3n) is 5.46. The summed E-state index contributed by atoms with van der Waals surface area (Å²) in [5, 5.41) is 0. The maximum absolute atomic E-state index is 13.7. The lowest BCUT2D eigenvalue weighted by molar-refractivity contribution is -0.123. The number of ether oxygens (including phenoxy) is 1. The van der Waals surface area contributed by atoms with E-state index in [1.807, 2.05) is 18.2 Å². The van der Waals surface area contributed by atoms with Crippen molar-refractivity contribution in [1.82, 2.24) is 14.9 Å². The number of hydrogen-bond donors (Lipinski definition) is 1. The number of amides is 2. The summed E-state index contributed by atoms with van der Waals surface area (Å²) in [6, 6.07) is 8.09. The number of aryl methyl sites for hydroxylation is 2. The SMILES string of the molecule is COc1ccc2c(c1)[C@H](N(C(=O)c1scnc1C)C(C(N)=O)c1cccnc1)CC2. The standard InChI is InChI=1S/C22H22N4O3S/c1-13-20(30-12-25-13)22(28)26(19(21(23)27)15-4-3-9-24-11-15)18-8-6-14-5-7-16(29-2)10-17(14)18/h3-5,7,9-12,18-19H,6,8H2,1-2H3,(H2,23,27)/t18-,19?/m1/s1. The lowest BCUT2D eigenvalue weighted by atomic mass is 9.99. The molecule has 0 spiro atoms. The summed E-state index contributed by atoms with van der Waals surface area (Å²) in [6.07, 6.45) is 4.69. The molecular formula is C22H22N4O3S. The summed E-state index contributed by atoms with van der Waals surface area (Å²) in [4.78, 5) is 36.8. The minimum Gasteiger partial charge on any atom is -0.497 e. The Kier molecular flexibility index (Phi) is 5.50. The molecule has 154 valence electrons. The number of nitrogens with zero attached hydrogens (tertiary/aromatic N) is 3. The number of carbonyl (C=O) groups excluding carboxylic acids is 2. The van der Waals surface area contributed by atoms with Crippen LogP contribution in [0.5, 0.6) is 5.75 Å². The first-order valence-electron chi connectivity index (χ1n) is 9.60. The summed E-state index contributed by atoms with van der Waals surface area (Å²) in [6.45, 7) is 1.79. The normalized spacial score (nSPS) is 16.0. The van der Waals surface area contributed by atoms with Crippen LogP contribution in [0.25, 0.3) is 0 Å². The molecule has 2 heterocycles. The van der Waals surface area contributed by atoms with E-state index in [0.717, 1.165) is 17.5 Å². The molecule has 2 aromatic heterocycles. The van der Waals surface area contributed by atoms with Gasteiger partial charge in [0.05, 0.1) is 24.4 Å². The highest BCUT2D eigenvalue weighted by atomic mass is 32.1. The minimum atomic E-state index is -0.949. The zero-order chi connectivity index (χ0) is 21.3. The molecule has 30 heavy (non-hydrogen) atoms. The molecule has 0 bridgehead atoms. The van der Waals surface area contributed by atoms with E-state index >= 15 is 0 Å². The second-order valence-electron chi connectivity index (χ2n) is 7.19.